The van der Waals surface area contributed by atoms with Crippen LogP contribution in [-0.2, 0) is 10.2 Å². The molecular formula is C18H22O3. The number of aryl methyl sites for hydroxylation is 1. The third kappa shape index (κ3) is 1.41. The fraction of sp³-hybridized carbons (Fsp3) is 0.556. The van der Waals surface area contributed by atoms with Gasteiger partial charge in [-0.25, -0.2) is 0 Å². The Balaban J connectivity index is 1.96. The van der Waals surface area contributed by atoms with Gasteiger partial charge in [-0.15, -0.1) is 0 Å². The summed E-state index contributed by atoms with van der Waals surface area (Å²) in [7, 11) is 0. The summed E-state index contributed by atoms with van der Waals surface area (Å²) in [6.07, 6.45) is 5.94. The lowest BCUT2D eigenvalue weighted by Gasteiger charge is -2.64. The molecule has 2 heterocycles. The summed E-state index contributed by atoms with van der Waals surface area (Å²) in [6, 6.07) is 3.96. The van der Waals surface area contributed by atoms with Gasteiger partial charge in [0.15, 0.2) is 5.79 Å². The summed E-state index contributed by atoms with van der Waals surface area (Å²) in [5.74, 6) is -0.456. The number of allylic oxidation sites excluding steroid dienone is 1. The lowest BCUT2D eigenvalue weighted by molar-refractivity contribution is -0.348. The molecule has 2 saturated heterocycles. The van der Waals surface area contributed by atoms with Crippen LogP contribution in [0.4, 0.5) is 0 Å². The second kappa shape index (κ2) is 3.71. The molecule has 1 aromatic carbocycles. The summed E-state index contributed by atoms with van der Waals surface area (Å²) in [5, 5.41) is 21.0. The third-order valence-electron chi connectivity index (χ3n) is 6.23. The van der Waals surface area contributed by atoms with Crippen molar-refractivity contribution in [1.29, 1.82) is 0 Å². The molecule has 1 saturated carbocycles. The molecule has 0 unspecified atom stereocenters. The highest BCUT2D eigenvalue weighted by Crippen LogP contribution is 2.63. The molecule has 112 valence electrons. The summed E-state index contributed by atoms with van der Waals surface area (Å²) in [4.78, 5) is 0. The zero-order valence-electron chi connectivity index (χ0n) is 12.8. The van der Waals surface area contributed by atoms with Gasteiger partial charge < -0.3 is 14.9 Å². The van der Waals surface area contributed by atoms with Crippen molar-refractivity contribution in [2.75, 3.05) is 6.61 Å². The maximum absolute atomic E-state index is 10.8. The number of aromatic hydroxyl groups is 1. The van der Waals surface area contributed by atoms with Crippen molar-refractivity contribution in [3.63, 3.8) is 0 Å². The molecule has 2 aliphatic heterocycles. The minimum atomic E-state index is -1.03. The lowest BCUT2D eigenvalue weighted by atomic mass is 9.48. The number of ether oxygens (including phenoxy) is 1. The van der Waals surface area contributed by atoms with Crippen LogP contribution in [0, 0.1) is 18.3 Å². The van der Waals surface area contributed by atoms with Gasteiger partial charge >= 0.3 is 0 Å². The SMILES string of the molecule is Cc1cc2c(cc1O)[C@@]13CC[C@@](O)(OC1)C(C)(C)[C@H]3C=C2. The molecule has 2 N–H and O–H groups in total. The first-order chi connectivity index (χ1) is 9.80. The van der Waals surface area contributed by atoms with E-state index in [0.29, 0.717) is 18.8 Å². The fourth-order valence-corrected chi connectivity index (χ4v) is 4.76. The Hall–Kier alpha value is -1.32. The molecule has 1 spiro atoms. The molecule has 21 heavy (non-hydrogen) atoms. The number of fused-ring (bicyclic) bond motifs is 3. The molecular weight excluding hydrogens is 264 g/mol. The van der Waals surface area contributed by atoms with E-state index in [1.807, 2.05) is 13.0 Å². The van der Waals surface area contributed by atoms with Crippen LogP contribution in [0.2, 0.25) is 0 Å². The van der Waals surface area contributed by atoms with Gasteiger partial charge in [0.2, 0.25) is 0 Å². The van der Waals surface area contributed by atoms with Crippen molar-refractivity contribution in [1.82, 2.24) is 0 Å². The first kappa shape index (κ1) is 13.4. The Morgan fingerprint density at radius 1 is 1.24 bits per heavy atom. The highest BCUT2D eigenvalue weighted by molar-refractivity contribution is 5.64. The van der Waals surface area contributed by atoms with Gasteiger partial charge in [0.25, 0.3) is 0 Å². The molecule has 3 heteroatoms. The Bertz CT molecular complexity index is 649. The Labute approximate surface area is 125 Å². The zero-order valence-corrected chi connectivity index (χ0v) is 12.8. The Morgan fingerprint density at radius 3 is 2.67 bits per heavy atom. The van der Waals surface area contributed by atoms with Gasteiger partial charge in [-0.2, -0.15) is 0 Å². The zero-order chi connectivity index (χ0) is 15.0. The second-order valence-corrected chi connectivity index (χ2v) is 7.51. The number of hydrogen-bond acceptors (Lipinski definition) is 3. The van der Waals surface area contributed by atoms with E-state index >= 15 is 0 Å². The summed E-state index contributed by atoms with van der Waals surface area (Å²) < 4.78 is 5.91. The van der Waals surface area contributed by atoms with Gasteiger partial charge in [0, 0.05) is 17.3 Å². The van der Waals surface area contributed by atoms with Crippen LogP contribution >= 0.6 is 0 Å². The number of phenols is 1. The molecule has 1 aromatic rings. The standard InChI is InChI=1S/C18H22O3/c1-11-8-12-4-5-15-16(2,3)18(20)7-6-17(15,10-21-18)13(12)9-14(11)19/h4-5,8-9,15,19-20H,6-7,10H2,1-3H3/t15-,17-,18-/m1/s1. The number of aliphatic hydroxyl groups is 1. The Morgan fingerprint density at radius 2 is 2.00 bits per heavy atom. The number of benzene rings is 1. The minimum absolute atomic E-state index is 0.122. The summed E-state index contributed by atoms with van der Waals surface area (Å²) >= 11 is 0. The van der Waals surface area contributed by atoms with Crippen molar-refractivity contribution in [2.24, 2.45) is 11.3 Å². The van der Waals surface area contributed by atoms with Crippen LogP contribution in [0.25, 0.3) is 6.08 Å². The van der Waals surface area contributed by atoms with E-state index < -0.39 is 5.79 Å². The normalized spacial score (nSPS) is 39.0. The first-order valence-corrected chi connectivity index (χ1v) is 7.69. The maximum atomic E-state index is 10.8. The lowest BCUT2D eigenvalue weighted by Crippen LogP contribution is -2.68. The smallest absolute Gasteiger partial charge is 0.171 e. The molecule has 3 nitrogen and oxygen atoms in total. The molecule has 0 radical (unpaired) electrons. The highest BCUT2D eigenvalue weighted by Gasteiger charge is 2.66. The predicted octanol–water partition coefficient (Wildman–Crippen LogP) is 3.12. The summed E-state index contributed by atoms with van der Waals surface area (Å²) in [6.45, 7) is 6.63. The van der Waals surface area contributed by atoms with Crippen LogP contribution in [-0.4, -0.2) is 22.6 Å². The maximum Gasteiger partial charge on any atom is 0.171 e. The van der Waals surface area contributed by atoms with Crippen LogP contribution in [0.3, 0.4) is 0 Å². The molecule has 2 bridgehead atoms. The second-order valence-electron chi connectivity index (χ2n) is 7.51. The van der Waals surface area contributed by atoms with Gasteiger partial charge in [0.05, 0.1) is 6.61 Å². The molecule has 3 fully saturated rings. The van der Waals surface area contributed by atoms with E-state index in [-0.39, 0.29) is 16.7 Å². The molecule has 4 aliphatic rings. The molecule has 5 rings (SSSR count). The van der Waals surface area contributed by atoms with E-state index in [1.165, 1.54) is 11.1 Å². The van der Waals surface area contributed by atoms with Crippen LogP contribution in [0.5, 0.6) is 5.75 Å². The first-order valence-electron chi connectivity index (χ1n) is 7.69. The van der Waals surface area contributed by atoms with E-state index in [2.05, 4.69) is 32.1 Å². The van der Waals surface area contributed by atoms with Crippen molar-refractivity contribution >= 4 is 6.08 Å². The molecule has 0 amide bonds. The minimum Gasteiger partial charge on any atom is -0.508 e. The largest absolute Gasteiger partial charge is 0.508 e. The van der Waals surface area contributed by atoms with Crippen molar-refractivity contribution in [3.05, 3.63) is 34.9 Å². The molecule has 2 aliphatic carbocycles. The average Bonchev–Trinajstić information content (AvgIpc) is 2.43. The molecule has 0 aromatic heterocycles. The van der Waals surface area contributed by atoms with E-state index in [0.717, 1.165) is 12.0 Å². The average molecular weight is 286 g/mol. The topological polar surface area (TPSA) is 49.7 Å². The van der Waals surface area contributed by atoms with Crippen LogP contribution in [0.15, 0.2) is 18.2 Å². The van der Waals surface area contributed by atoms with Crippen LogP contribution < -0.4 is 0 Å². The monoisotopic (exact) mass is 286 g/mol. The highest BCUT2D eigenvalue weighted by atomic mass is 16.6. The van der Waals surface area contributed by atoms with E-state index in [4.69, 9.17) is 4.74 Å². The van der Waals surface area contributed by atoms with Gasteiger partial charge in [0.1, 0.15) is 5.75 Å². The quantitative estimate of drug-likeness (QED) is 0.770. The van der Waals surface area contributed by atoms with Crippen LogP contribution in [0.1, 0.15) is 43.4 Å². The van der Waals surface area contributed by atoms with Gasteiger partial charge in [-0.1, -0.05) is 26.0 Å². The number of hydrogen-bond donors (Lipinski definition) is 2. The predicted molar refractivity (Wildman–Crippen MR) is 81.0 cm³/mol. The van der Waals surface area contributed by atoms with Gasteiger partial charge in [-0.3, -0.25) is 0 Å². The number of rotatable bonds is 0. The van der Waals surface area contributed by atoms with Gasteiger partial charge in [-0.05, 0) is 48.1 Å². The summed E-state index contributed by atoms with van der Waals surface area (Å²) in [5.41, 5.74) is 2.79. The van der Waals surface area contributed by atoms with E-state index in [9.17, 15) is 10.2 Å². The van der Waals surface area contributed by atoms with E-state index in [1.54, 1.807) is 0 Å². The van der Waals surface area contributed by atoms with Crippen molar-refractivity contribution in [3.8, 4) is 5.75 Å². The fourth-order valence-electron chi connectivity index (χ4n) is 4.76. The Kier molecular flexibility index (Phi) is 2.36. The van der Waals surface area contributed by atoms with Crippen molar-refractivity contribution in [2.45, 2.75) is 44.8 Å². The molecule has 3 atom stereocenters. The van der Waals surface area contributed by atoms with Crippen molar-refractivity contribution < 1.29 is 14.9 Å². The third-order valence-corrected chi connectivity index (χ3v) is 6.23. The number of phenolic OH excluding ortho intramolecular Hbond substituents is 1.